The van der Waals surface area contributed by atoms with Gasteiger partial charge in [-0.3, -0.25) is 9.59 Å². The van der Waals surface area contributed by atoms with Crippen molar-refractivity contribution in [1.29, 1.82) is 0 Å². The zero-order valence-electron chi connectivity index (χ0n) is 12.6. The van der Waals surface area contributed by atoms with Gasteiger partial charge in [0.1, 0.15) is 6.54 Å². The number of hydrogen-bond acceptors (Lipinski definition) is 4. The van der Waals surface area contributed by atoms with Crippen LogP contribution in [0.2, 0.25) is 0 Å². The van der Waals surface area contributed by atoms with Gasteiger partial charge in [0, 0.05) is 19.2 Å². The quantitative estimate of drug-likeness (QED) is 0.730. The summed E-state index contributed by atoms with van der Waals surface area (Å²) in [6.07, 6.45) is 0.530. The summed E-state index contributed by atoms with van der Waals surface area (Å²) in [5, 5.41) is 11.3. The minimum atomic E-state index is -3.72. The van der Waals surface area contributed by atoms with Gasteiger partial charge in [0.05, 0.1) is 5.75 Å². The largest absolute Gasteiger partial charge is 0.480 e. The molecule has 1 aromatic carbocycles. The Kier molecular flexibility index (Phi) is 6.51. The molecule has 0 atom stereocenters. The molecule has 0 aliphatic rings. The van der Waals surface area contributed by atoms with Crippen molar-refractivity contribution in [2.75, 3.05) is 20.1 Å². The van der Waals surface area contributed by atoms with Gasteiger partial charge in [-0.15, -0.1) is 0 Å². The Morgan fingerprint density at radius 3 is 2.27 bits per heavy atom. The number of carbonyl (C=O) groups excluding carboxylic acids is 1. The molecule has 0 heterocycles. The molecule has 8 heteroatoms. The van der Waals surface area contributed by atoms with E-state index in [4.69, 9.17) is 5.11 Å². The number of hydrogen-bond donors (Lipinski definition) is 2. The van der Waals surface area contributed by atoms with Crippen molar-refractivity contribution in [3.63, 3.8) is 0 Å². The van der Waals surface area contributed by atoms with Crippen LogP contribution in [0.25, 0.3) is 0 Å². The molecule has 0 unspecified atom stereocenters. The topological polar surface area (TPSA) is 104 Å². The van der Waals surface area contributed by atoms with Crippen LogP contribution in [0, 0.1) is 0 Å². The van der Waals surface area contributed by atoms with Gasteiger partial charge in [0.2, 0.25) is 10.0 Å². The number of nitrogens with one attached hydrogen (secondary N) is 1. The molecule has 122 valence electrons. The normalized spacial score (nSPS) is 11.4. The highest BCUT2D eigenvalue weighted by Gasteiger charge is 2.24. The molecular formula is C14H20N2O5S. The number of carboxylic acids is 1. The second-order valence-corrected chi connectivity index (χ2v) is 6.73. The highest BCUT2D eigenvalue weighted by atomic mass is 32.2. The van der Waals surface area contributed by atoms with Gasteiger partial charge in [-0.1, -0.05) is 19.1 Å². The van der Waals surface area contributed by atoms with Crippen LogP contribution in [0.4, 0.5) is 0 Å². The van der Waals surface area contributed by atoms with Crippen molar-refractivity contribution >= 4 is 21.9 Å². The maximum Gasteiger partial charge on any atom is 0.318 e. The van der Waals surface area contributed by atoms with E-state index in [0.29, 0.717) is 17.5 Å². The monoisotopic (exact) mass is 328 g/mol. The van der Waals surface area contributed by atoms with Crippen LogP contribution in [0.1, 0.15) is 29.3 Å². The number of sulfonamides is 1. The van der Waals surface area contributed by atoms with E-state index in [0.717, 1.165) is 4.31 Å². The zero-order valence-corrected chi connectivity index (χ0v) is 13.4. The second kappa shape index (κ2) is 7.90. The average Bonchev–Trinajstić information content (AvgIpc) is 2.46. The third-order valence-electron chi connectivity index (χ3n) is 2.97. The standard InChI is InChI=1S/C14H20N2O5S/c1-3-8-16(9-13(17)18)22(20,21)10-11-4-6-12(7-5-11)14(19)15-2/h4-7H,3,8-10H2,1-2H3,(H,15,19)(H,17,18). The Balaban J connectivity index is 2.90. The summed E-state index contributed by atoms with van der Waals surface area (Å²) in [5.41, 5.74) is 0.929. The second-order valence-electron chi connectivity index (χ2n) is 4.76. The van der Waals surface area contributed by atoms with Crippen LogP contribution in [-0.4, -0.2) is 49.8 Å². The Morgan fingerprint density at radius 2 is 1.82 bits per heavy atom. The molecule has 2 N–H and O–H groups in total. The fourth-order valence-corrected chi connectivity index (χ4v) is 3.48. The van der Waals surface area contributed by atoms with E-state index in [1.807, 2.05) is 0 Å². The molecule has 0 aliphatic heterocycles. The number of amides is 1. The average molecular weight is 328 g/mol. The van der Waals surface area contributed by atoms with Crippen LogP contribution in [0.3, 0.4) is 0 Å². The van der Waals surface area contributed by atoms with Crippen molar-refractivity contribution in [3.05, 3.63) is 35.4 Å². The number of nitrogens with zero attached hydrogens (tertiary/aromatic N) is 1. The number of carbonyl (C=O) groups is 2. The Bertz CT molecular complexity index is 625. The van der Waals surface area contributed by atoms with Crippen LogP contribution in [-0.2, 0) is 20.6 Å². The lowest BCUT2D eigenvalue weighted by atomic mass is 10.1. The van der Waals surface area contributed by atoms with Crippen LogP contribution in [0.15, 0.2) is 24.3 Å². The van der Waals surface area contributed by atoms with Gasteiger partial charge in [-0.25, -0.2) is 8.42 Å². The summed E-state index contributed by atoms with van der Waals surface area (Å²) >= 11 is 0. The molecule has 22 heavy (non-hydrogen) atoms. The summed E-state index contributed by atoms with van der Waals surface area (Å²) in [5.74, 6) is -1.74. The third-order valence-corrected chi connectivity index (χ3v) is 4.77. The summed E-state index contributed by atoms with van der Waals surface area (Å²) in [4.78, 5) is 22.2. The van der Waals surface area contributed by atoms with Crippen LogP contribution >= 0.6 is 0 Å². The first kappa shape index (κ1) is 18.1. The van der Waals surface area contributed by atoms with Gasteiger partial charge in [0.15, 0.2) is 0 Å². The summed E-state index contributed by atoms with van der Waals surface area (Å²) in [6, 6.07) is 6.16. The molecule has 0 aliphatic carbocycles. The van der Waals surface area contributed by atoms with Gasteiger partial charge in [0.25, 0.3) is 5.91 Å². The smallest absolute Gasteiger partial charge is 0.318 e. The maximum absolute atomic E-state index is 12.3. The molecule has 0 saturated heterocycles. The number of rotatable bonds is 8. The molecule has 0 bridgehead atoms. The van der Waals surface area contributed by atoms with Crippen LogP contribution < -0.4 is 5.32 Å². The van der Waals surface area contributed by atoms with E-state index < -0.39 is 22.5 Å². The Morgan fingerprint density at radius 1 is 1.23 bits per heavy atom. The molecule has 0 saturated carbocycles. The molecular weight excluding hydrogens is 308 g/mol. The first-order valence-corrected chi connectivity index (χ1v) is 8.41. The van der Waals surface area contributed by atoms with Crippen molar-refractivity contribution < 1.29 is 23.1 Å². The summed E-state index contributed by atoms with van der Waals surface area (Å²) < 4.78 is 25.5. The molecule has 1 rings (SSSR count). The first-order chi connectivity index (χ1) is 10.3. The molecule has 0 fully saturated rings. The summed E-state index contributed by atoms with van der Waals surface area (Å²) in [6.45, 7) is 1.39. The van der Waals surface area contributed by atoms with E-state index in [-0.39, 0.29) is 18.2 Å². The number of benzene rings is 1. The molecule has 0 radical (unpaired) electrons. The summed E-state index contributed by atoms with van der Waals surface area (Å²) in [7, 11) is -2.21. The van der Waals surface area contributed by atoms with E-state index in [1.54, 1.807) is 19.1 Å². The van der Waals surface area contributed by atoms with Crippen molar-refractivity contribution in [2.45, 2.75) is 19.1 Å². The number of carboxylic acid groups (broad SMARTS) is 1. The molecule has 0 spiro atoms. The van der Waals surface area contributed by atoms with Crippen molar-refractivity contribution in [2.24, 2.45) is 0 Å². The highest BCUT2D eigenvalue weighted by molar-refractivity contribution is 7.88. The fraction of sp³-hybridized carbons (Fsp3) is 0.429. The third kappa shape index (κ3) is 5.12. The molecule has 7 nitrogen and oxygen atoms in total. The SMILES string of the molecule is CCCN(CC(=O)O)S(=O)(=O)Cc1ccc(C(=O)NC)cc1. The van der Waals surface area contributed by atoms with Crippen molar-refractivity contribution in [1.82, 2.24) is 9.62 Å². The van der Waals surface area contributed by atoms with E-state index in [2.05, 4.69) is 5.32 Å². The highest BCUT2D eigenvalue weighted by Crippen LogP contribution is 2.13. The lowest BCUT2D eigenvalue weighted by Gasteiger charge is -2.19. The minimum absolute atomic E-state index is 0.158. The van der Waals surface area contributed by atoms with E-state index in [9.17, 15) is 18.0 Å². The predicted octanol–water partition coefficient (Wildman–Crippen LogP) is 0.673. The lowest BCUT2D eigenvalue weighted by Crippen LogP contribution is -2.37. The fourth-order valence-electron chi connectivity index (χ4n) is 1.92. The van der Waals surface area contributed by atoms with E-state index in [1.165, 1.54) is 19.2 Å². The van der Waals surface area contributed by atoms with Gasteiger partial charge < -0.3 is 10.4 Å². The van der Waals surface area contributed by atoms with Gasteiger partial charge in [-0.05, 0) is 24.1 Å². The first-order valence-electron chi connectivity index (χ1n) is 6.80. The molecule has 1 amide bonds. The maximum atomic E-state index is 12.3. The lowest BCUT2D eigenvalue weighted by molar-refractivity contribution is -0.137. The zero-order chi connectivity index (χ0) is 16.8. The van der Waals surface area contributed by atoms with Gasteiger partial charge >= 0.3 is 5.97 Å². The van der Waals surface area contributed by atoms with Crippen molar-refractivity contribution in [3.8, 4) is 0 Å². The Labute approximate surface area is 130 Å². The molecule has 1 aromatic rings. The van der Waals surface area contributed by atoms with E-state index >= 15 is 0 Å². The number of aliphatic carboxylic acids is 1. The minimum Gasteiger partial charge on any atom is -0.480 e. The Hall–Kier alpha value is -1.93. The van der Waals surface area contributed by atoms with Crippen LogP contribution in [0.5, 0.6) is 0 Å². The molecule has 0 aromatic heterocycles. The van der Waals surface area contributed by atoms with Gasteiger partial charge in [-0.2, -0.15) is 4.31 Å². The predicted molar refractivity (Wildman–Crippen MR) is 82.0 cm³/mol.